The zero-order chi connectivity index (χ0) is 8.97. The molecular formula is C9H7FO2. The summed E-state index contributed by atoms with van der Waals surface area (Å²) >= 11 is 0. The van der Waals surface area contributed by atoms with Crippen molar-refractivity contribution in [3.05, 3.63) is 41.4 Å². The first-order valence-electron chi connectivity index (χ1n) is 3.34. The summed E-state index contributed by atoms with van der Waals surface area (Å²) in [5.41, 5.74) is 0.196. The molecule has 0 saturated carbocycles. The Labute approximate surface area is 69.0 Å². The number of rotatable bonds is 2. The molecule has 0 fully saturated rings. The molecule has 1 N–H and O–H groups in total. The lowest BCUT2D eigenvalue weighted by Crippen LogP contribution is -1.84. The van der Waals surface area contributed by atoms with Crippen molar-refractivity contribution >= 4 is 12.4 Å². The second kappa shape index (κ2) is 3.67. The molecule has 0 spiro atoms. The van der Waals surface area contributed by atoms with Crippen molar-refractivity contribution in [2.75, 3.05) is 0 Å². The van der Waals surface area contributed by atoms with E-state index in [1.54, 1.807) is 6.07 Å². The van der Waals surface area contributed by atoms with Crippen LogP contribution in [0.25, 0.3) is 6.08 Å². The van der Waals surface area contributed by atoms with Crippen molar-refractivity contribution < 1.29 is 14.3 Å². The van der Waals surface area contributed by atoms with Crippen LogP contribution < -0.4 is 0 Å². The SMILES string of the molecule is O=C/C(O)=C\c1ccccc1F. The molecule has 0 aliphatic carbocycles. The van der Waals surface area contributed by atoms with Crippen LogP contribution in [0.4, 0.5) is 4.39 Å². The predicted molar refractivity (Wildman–Crippen MR) is 43.1 cm³/mol. The summed E-state index contributed by atoms with van der Waals surface area (Å²) in [5.74, 6) is -0.953. The average molecular weight is 166 g/mol. The minimum absolute atomic E-state index is 0.196. The van der Waals surface area contributed by atoms with Gasteiger partial charge in [0.15, 0.2) is 12.0 Å². The van der Waals surface area contributed by atoms with E-state index in [2.05, 4.69) is 0 Å². The monoisotopic (exact) mass is 166 g/mol. The van der Waals surface area contributed by atoms with E-state index in [4.69, 9.17) is 5.11 Å². The standard InChI is InChI=1S/C9H7FO2/c10-9-4-2-1-3-7(9)5-8(12)6-11/h1-6,12H/b8-5+. The van der Waals surface area contributed by atoms with E-state index in [0.29, 0.717) is 0 Å². The summed E-state index contributed by atoms with van der Waals surface area (Å²) in [6, 6.07) is 5.87. The molecule has 0 amide bonds. The molecule has 0 aliphatic heterocycles. The van der Waals surface area contributed by atoms with Crippen LogP contribution in [0, 0.1) is 5.82 Å². The number of carbonyl (C=O) groups is 1. The van der Waals surface area contributed by atoms with Gasteiger partial charge in [-0.15, -0.1) is 0 Å². The van der Waals surface area contributed by atoms with Crippen LogP contribution in [0.15, 0.2) is 30.0 Å². The Morgan fingerprint density at radius 2 is 2.08 bits per heavy atom. The number of benzene rings is 1. The van der Waals surface area contributed by atoms with Gasteiger partial charge in [0, 0.05) is 5.56 Å². The highest BCUT2D eigenvalue weighted by molar-refractivity contribution is 5.78. The second-order valence-corrected chi connectivity index (χ2v) is 2.21. The molecule has 3 heteroatoms. The van der Waals surface area contributed by atoms with Gasteiger partial charge in [-0.3, -0.25) is 4.79 Å². The molecule has 62 valence electrons. The first-order valence-corrected chi connectivity index (χ1v) is 3.34. The normalized spacial score (nSPS) is 11.2. The van der Waals surface area contributed by atoms with Gasteiger partial charge in [-0.05, 0) is 12.1 Å². The number of carbonyl (C=O) groups excluding carboxylic acids is 1. The molecule has 0 bridgehead atoms. The number of halogens is 1. The van der Waals surface area contributed by atoms with Crippen LogP contribution in [0.3, 0.4) is 0 Å². The quantitative estimate of drug-likeness (QED) is 0.414. The predicted octanol–water partition coefficient (Wildman–Crippen LogP) is 1.92. The van der Waals surface area contributed by atoms with Gasteiger partial charge >= 0.3 is 0 Å². The number of aldehydes is 1. The lowest BCUT2D eigenvalue weighted by atomic mass is 10.2. The number of hydrogen-bond donors (Lipinski definition) is 1. The highest BCUT2D eigenvalue weighted by atomic mass is 19.1. The third kappa shape index (κ3) is 1.92. The average Bonchev–Trinajstić information content (AvgIpc) is 2.09. The third-order valence-electron chi connectivity index (χ3n) is 1.33. The van der Waals surface area contributed by atoms with Crippen LogP contribution in [0.5, 0.6) is 0 Å². The maximum Gasteiger partial charge on any atom is 0.184 e. The molecule has 0 aromatic heterocycles. The summed E-state index contributed by atoms with van der Waals surface area (Å²) in [4.78, 5) is 9.98. The van der Waals surface area contributed by atoms with Crippen molar-refractivity contribution in [3.63, 3.8) is 0 Å². The molecule has 2 nitrogen and oxygen atoms in total. The van der Waals surface area contributed by atoms with Crippen LogP contribution >= 0.6 is 0 Å². The highest BCUT2D eigenvalue weighted by Crippen LogP contribution is 2.09. The minimum atomic E-state index is -0.486. The van der Waals surface area contributed by atoms with Gasteiger partial charge < -0.3 is 5.11 Å². The van der Waals surface area contributed by atoms with E-state index >= 15 is 0 Å². The zero-order valence-corrected chi connectivity index (χ0v) is 6.20. The Kier molecular flexibility index (Phi) is 2.58. The Morgan fingerprint density at radius 3 is 2.67 bits per heavy atom. The third-order valence-corrected chi connectivity index (χ3v) is 1.33. The molecule has 0 atom stereocenters. The van der Waals surface area contributed by atoms with Crippen molar-refractivity contribution in [1.82, 2.24) is 0 Å². The smallest absolute Gasteiger partial charge is 0.184 e. The molecule has 1 aromatic rings. The second-order valence-electron chi connectivity index (χ2n) is 2.21. The summed E-state index contributed by atoms with van der Waals surface area (Å²) in [5, 5.41) is 8.76. The number of aliphatic hydroxyl groups is 1. The molecule has 1 rings (SSSR count). The molecule has 0 heterocycles. The van der Waals surface area contributed by atoms with Gasteiger partial charge in [-0.2, -0.15) is 0 Å². The first kappa shape index (κ1) is 8.46. The van der Waals surface area contributed by atoms with E-state index in [9.17, 15) is 9.18 Å². The Bertz CT molecular complexity index is 318. The summed E-state index contributed by atoms with van der Waals surface area (Å²) in [6.45, 7) is 0. The molecule has 1 aromatic carbocycles. The van der Waals surface area contributed by atoms with Crippen LogP contribution in [-0.2, 0) is 4.79 Å². The Hall–Kier alpha value is -1.64. The minimum Gasteiger partial charge on any atom is -0.505 e. The van der Waals surface area contributed by atoms with Crippen molar-refractivity contribution in [3.8, 4) is 0 Å². The van der Waals surface area contributed by atoms with Crippen LogP contribution in [0.2, 0.25) is 0 Å². The van der Waals surface area contributed by atoms with E-state index in [-0.39, 0.29) is 11.8 Å². The Balaban J connectivity index is 3.04. The van der Waals surface area contributed by atoms with E-state index in [1.807, 2.05) is 0 Å². The van der Waals surface area contributed by atoms with Crippen LogP contribution in [0.1, 0.15) is 5.56 Å². The summed E-state index contributed by atoms with van der Waals surface area (Å²) < 4.78 is 12.8. The number of aliphatic hydroxyl groups excluding tert-OH is 1. The lowest BCUT2D eigenvalue weighted by Gasteiger charge is -1.94. The lowest BCUT2D eigenvalue weighted by molar-refractivity contribution is -0.106. The van der Waals surface area contributed by atoms with Crippen molar-refractivity contribution in [1.29, 1.82) is 0 Å². The van der Waals surface area contributed by atoms with Gasteiger partial charge in [-0.25, -0.2) is 4.39 Å². The maximum absolute atomic E-state index is 12.8. The topological polar surface area (TPSA) is 37.3 Å². The first-order chi connectivity index (χ1) is 5.74. The Morgan fingerprint density at radius 1 is 1.42 bits per heavy atom. The van der Waals surface area contributed by atoms with Gasteiger partial charge in [-0.1, -0.05) is 18.2 Å². The zero-order valence-electron chi connectivity index (χ0n) is 6.20. The fourth-order valence-corrected chi connectivity index (χ4v) is 0.785. The van der Waals surface area contributed by atoms with Crippen molar-refractivity contribution in [2.24, 2.45) is 0 Å². The molecular weight excluding hydrogens is 159 g/mol. The van der Waals surface area contributed by atoms with E-state index in [0.717, 1.165) is 6.08 Å². The molecule has 0 aliphatic rings. The van der Waals surface area contributed by atoms with Gasteiger partial charge in [0.25, 0.3) is 0 Å². The highest BCUT2D eigenvalue weighted by Gasteiger charge is 1.97. The number of hydrogen-bond acceptors (Lipinski definition) is 2. The van der Waals surface area contributed by atoms with Crippen molar-refractivity contribution in [2.45, 2.75) is 0 Å². The molecule has 0 radical (unpaired) electrons. The molecule has 12 heavy (non-hydrogen) atoms. The summed E-state index contributed by atoms with van der Waals surface area (Å²) in [6.07, 6.45) is 1.33. The number of allylic oxidation sites excluding steroid dienone is 1. The van der Waals surface area contributed by atoms with Crippen LogP contribution in [-0.4, -0.2) is 11.4 Å². The molecule has 0 saturated heterocycles. The van der Waals surface area contributed by atoms with E-state index < -0.39 is 11.6 Å². The van der Waals surface area contributed by atoms with E-state index in [1.165, 1.54) is 18.2 Å². The summed E-state index contributed by atoms with van der Waals surface area (Å²) in [7, 11) is 0. The van der Waals surface area contributed by atoms with Gasteiger partial charge in [0.1, 0.15) is 5.82 Å². The van der Waals surface area contributed by atoms with Gasteiger partial charge in [0.05, 0.1) is 0 Å². The molecule has 0 unspecified atom stereocenters. The largest absolute Gasteiger partial charge is 0.505 e. The fourth-order valence-electron chi connectivity index (χ4n) is 0.785. The maximum atomic E-state index is 12.8. The fraction of sp³-hybridized carbons (Fsp3) is 0. The van der Waals surface area contributed by atoms with Gasteiger partial charge in [0.2, 0.25) is 0 Å².